The Hall–Kier alpha value is -1.12. The van der Waals surface area contributed by atoms with E-state index < -0.39 is 6.10 Å². The van der Waals surface area contributed by atoms with Crippen molar-refractivity contribution in [3.8, 4) is 0 Å². The lowest BCUT2D eigenvalue weighted by Crippen LogP contribution is -2.23. The molecule has 1 rings (SSSR count). The first kappa shape index (κ1) is 12.0. The Labute approximate surface area is 91.3 Å². The summed E-state index contributed by atoms with van der Waals surface area (Å²) in [7, 11) is 0. The third kappa shape index (κ3) is 3.50. The molecule has 0 aromatic heterocycles. The molecule has 0 aromatic carbocycles. The SMILES string of the molecule is C=CC=C[C@@H]1OC[C@H](C=CC=CC)[C@H]1O. The molecular weight excluding hydrogens is 188 g/mol. The monoisotopic (exact) mass is 206 g/mol. The molecule has 1 aliphatic rings. The van der Waals surface area contributed by atoms with Gasteiger partial charge in [-0.25, -0.2) is 0 Å². The van der Waals surface area contributed by atoms with Crippen LogP contribution in [0.4, 0.5) is 0 Å². The molecule has 0 amide bonds. The molecular formula is C13H18O2. The molecule has 0 radical (unpaired) electrons. The van der Waals surface area contributed by atoms with Crippen LogP contribution in [0.2, 0.25) is 0 Å². The van der Waals surface area contributed by atoms with E-state index in [1.54, 1.807) is 12.2 Å². The van der Waals surface area contributed by atoms with Gasteiger partial charge < -0.3 is 9.84 Å². The van der Waals surface area contributed by atoms with Gasteiger partial charge in [0.25, 0.3) is 0 Å². The van der Waals surface area contributed by atoms with Crippen LogP contribution in [0.15, 0.2) is 49.1 Å². The van der Waals surface area contributed by atoms with Crippen LogP contribution in [0.1, 0.15) is 6.92 Å². The molecule has 3 atom stereocenters. The first-order valence-corrected chi connectivity index (χ1v) is 5.18. The molecule has 1 fully saturated rings. The van der Waals surface area contributed by atoms with Gasteiger partial charge >= 0.3 is 0 Å². The lowest BCUT2D eigenvalue weighted by Gasteiger charge is -2.11. The lowest BCUT2D eigenvalue weighted by atomic mass is 10.0. The molecule has 1 saturated heterocycles. The van der Waals surface area contributed by atoms with Crippen LogP contribution in [0, 0.1) is 5.92 Å². The average Bonchev–Trinajstić information content (AvgIpc) is 2.58. The maximum Gasteiger partial charge on any atom is 0.102 e. The summed E-state index contributed by atoms with van der Waals surface area (Å²) >= 11 is 0. The van der Waals surface area contributed by atoms with E-state index >= 15 is 0 Å². The summed E-state index contributed by atoms with van der Waals surface area (Å²) in [5, 5.41) is 9.89. The van der Waals surface area contributed by atoms with Crippen LogP contribution in [-0.4, -0.2) is 23.9 Å². The van der Waals surface area contributed by atoms with E-state index in [-0.39, 0.29) is 12.0 Å². The minimum Gasteiger partial charge on any atom is -0.389 e. The van der Waals surface area contributed by atoms with Crippen molar-refractivity contribution in [1.82, 2.24) is 0 Å². The Balaban J connectivity index is 2.51. The smallest absolute Gasteiger partial charge is 0.102 e. The highest BCUT2D eigenvalue weighted by atomic mass is 16.5. The van der Waals surface area contributed by atoms with Gasteiger partial charge in [-0.1, -0.05) is 49.1 Å². The molecule has 15 heavy (non-hydrogen) atoms. The van der Waals surface area contributed by atoms with Gasteiger partial charge in [0.15, 0.2) is 0 Å². The quantitative estimate of drug-likeness (QED) is 0.715. The van der Waals surface area contributed by atoms with Crippen molar-refractivity contribution in [2.45, 2.75) is 19.1 Å². The van der Waals surface area contributed by atoms with Crippen LogP contribution >= 0.6 is 0 Å². The van der Waals surface area contributed by atoms with Crippen molar-refractivity contribution < 1.29 is 9.84 Å². The number of hydrogen-bond acceptors (Lipinski definition) is 2. The van der Waals surface area contributed by atoms with Gasteiger partial charge in [-0.3, -0.25) is 0 Å². The minimum absolute atomic E-state index is 0.0839. The highest BCUT2D eigenvalue weighted by Gasteiger charge is 2.32. The van der Waals surface area contributed by atoms with Crippen molar-refractivity contribution in [1.29, 1.82) is 0 Å². The minimum atomic E-state index is -0.456. The molecule has 0 spiro atoms. The van der Waals surface area contributed by atoms with E-state index in [4.69, 9.17) is 4.74 Å². The molecule has 82 valence electrons. The molecule has 2 heteroatoms. The van der Waals surface area contributed by atoms with Crippen LogP contribution in [0.3, 0.4) is 0 Å². The van der Waals surface area contributed by atoms with Crippen LogP contribution in [0.25, 0.3) is 0 Å². The van der Waals surface area contributed by atoms with Crippen molar-refractivity contribution in [3.05, 3.63) is 49.1 Å². The number of ether oxygens (including phenoxy) is 1. The predicted molar refractivity (Wildman–Crippen MR) is 62.5 cm³/mol. The van der Waals surface area contributed by atoms with Crippen molar-refractivity contribution in [2.24, 2.45) is 5.92 Å². The average molecular weight is 206 g/mol. The zero-order valence-corrected chi connectivity index (χ0v) is 9.04. The number of aliphatic hydroxyl groups is 1. The Kier molecular flexibility index (Phi) is 5.08. The third-order valence-corrected chi connectivity index (χ3v) is 2.36. The van der Waals surface area contributed by atoms with Crippen molar-refractivity contribution >= 4 is 0 Å². The molecule has 1 aliphatic heterocycles. The van der Waals surface area contributed by atoms with Gasteiger partial charge in [-0.05, 0) is 6.92 Å². The van der Waals surface area contributed by atoms with Crippen LogP contribution in [-0.2, 0) is 4.74 Å². The Morgan fingerprint density at radius 1 is 1.27 bits per heavy atom. The van der Waals surface area contributed by atoms with Gasteiger partial charge in [-0.2, -0.15) is 0 Å². The second kappa shape index (κ2) is 6.38. The maximum absolute atomic E-state index is 9.89. The van der Waals surface area contributed by atoms with E-state index in [1.807, 2.05) is 37.3 Å². The summed E-state index contributed by atoms with van der Waals surface area (Å²) in [4.78, 5) is 0. The first-order chi connectivity index (χ1) is 7.29. The van der Waals surface area contributed by atoms with Crippen molar-refractivity contribution in [2.75, 3.05) is 6.61 Å². The molecule has 0 aliphatic carbocycles. The fourth-order valence-electron chi connectivity index (χ4n) is 1.51. The number of hydrogen-bond donors (Lipinski definition) is 1. The van der Waals surface area contributed by atoms with Gasteiger partial charge in [0, 0.05) is 5.92 Å². The lowest BCUT2D eigenvalue weighted by molar-refractivity contribution is 0.0724. The first-order valence-electron chi connectivity index (χ1n) is 5.18. The van der Waals surface area contributed by atoms with Crippen LogP contribution in [0.5, 0.6) is 0 Å². The number of rotatable bonds is 4. The highest BCUT2D eigenvalue weighted by molar-refractivity contribution is 5.11. The highest BCUT2D eigenvalue weighted by Crippen LogP contribution is 2.22. The van der Waals surface area contributed by atoms with Gasteiger partial charge in [0.2, 0.25) is 0 Å². The molecule has 2 nitrogen and oxygen atoms in total. The summed E-state index contributed by atoms with van der Waals surface area (Å²) in [5.74, 6) is 0.0839. The van der Waals surface area contributed by atoms with E-state index in [0.717, 1.165) is 0 Å². The van der Waals surface area contributed by atoms with E-state index in [9.17, 15) is 5.11 Å². The molecule has 1 N–H and O–H groups in total. The molecule has 0 bridgehead atoms. The zero-order valence-electron chi connectivity index (χ0n) is 9.04. The molecule has 0 aromatic rings. The van der Waals surface area contributed by atoms with Crippen LogP contribution < -0.4 is 0 Å². The van der Waals surface area contributed by atoms with E-state index in [0.29, 0.717) is 6.61 Å². The molecule has 0 saturated carbocycles. The topological polar surface area (TPSA) is 29.5 Å². The Morgan fingerprint density at radius 2 is 2.07 bits per heavy atom. The van der Waals surface area contributed by atoms with Gasteiger partial charge in [0.1, 0.15) is 6.10 Å². The summed E-state index contributed by atoms with van der Waals surface area (Å²) in [6.07, 6.45) is 12.5. The second-order valence-electron chi connectivity index (χ2n) is 3.48. The fraction of sp³-hybridized carbons (Fsp3) is 0.385. The third-order valence-electron chi connectivity index (χ3n) is 2.36. The number of allylic oxidation sites excluding steroid dienone is 5. The standard InChI is InChI=1S/C13H18O2/c1-3-5-7-8-11-10-15-12(13(11)14)9-6-4-2/h3-9,11-14H,2,10H2,1H3/t11-,12-,13+/m0/s1. The molecule has 0 unspecified atom stereocenters. The second-order valence-corrected chi connectivity index (χ2v) is 3.48. The van der Waals surface area contributed by atoms with Gasteiger partial charge in [0.05, 0.1) is 12.7 Å². The van der Waals surface area contributed by atoms with E-state index in [1.165, 1.54) is 0 Å². The van der Waals surface area contributed by atoms with Crippen molar-refractivity contribution in [3.63, 3.8) is 0 Å². The summed E-state index contributed by atoms with van der Waals surface area (Å²) in [6, 6.07) is 0. The number of aliphatic hydroxyl groups excluding tert-OH is 1. The predicted octanol–water partition coefficient (Wildman–Crippen LogP) is 2.24. The largest absolute Gasteiger partial charge is 0.389 e. The summed E-state index contributed by atoms with van der Waals surface area (Å²) < 4.78 is 5.45. The summed E-state index contributed by atoms with van der Waals surface area (Å²) in [6.45, 7) is 6.11. The fourth-order valence-corrected chi connectivity index (χ4v) is 1.51. The maximum atomic E-state index is 9.89. The van der Waals surface area contributed by atoms with E-state index in [2.05, 4.69) is 6.58 Å². The zero-order chi connectivity index (χ0) is 11.1. The van der Waals surface area contributed by atoms with Gasteiger partial charge in [-0.15, -0.1) is 0 Å². The Morgan fingerprint density at radius 3 is 2.73 bits per heavy atom. The Bertz CT molecular complexity index is 276. The normalized spacial score (nSPS) is 32.3. The summed E-state index contributed by atoms with van der Waals surface area (Å²) in [5.41, 5.74) is 0. The molecule has 1 heterocycles.